The van der Waals surface area contributed by atoms with Crippen LogP contribution in [-0.4, -0.2) is 29.9 Å². The average Bonchev–Trinajstić information content (AvgIpc) is 3.19. The number of halogens is 1. The minimum Gasteiger partial charge on any atom is -0.493 e. The minimum absolute atomic E-state index is 0.129. The van der Waals surface area contributed by atoms with Gasteiger partial charge in [-0.05, 0) is 48.4 Å². The summed E-state index contributed by atoms with van der Waals surface area (Å²) < 4.78 is 22.8. The molecule has 152 valence electrons. The monoisotopic (exact) mass is 460 g/mol. The van der Waals surface area contributed by atoms with E-state index in [-0.39, 0.29) is 12.5 Å². The Balaban J connectivity index is 1.62. The van der Waals surface area contributed by atoms with E-state index in [1.165, 1.54) is 7.11 Å². The van der Waals surface area contributed by atoms with E-state index < -0.39 is 5.97 Å². The number of carbonyl (C=O) groups excluding carboxylic acids is 1. The Morgan fingerprint density at radius 3 is 2.55 bits per heavy atom. The summed E-state index contributed by atoms with van der Waals surface area (Å²) in [5.41, 5.74) is 1.12. The molecule has 7 nitrogen and oxygen atoms in total. The van der Waals surface area contributed by atoms with Crippen LogP contribution in [0.2, 0.25) is 0 Å². The first-order valence-corrected chi connectivity index (χ1v) is 9.82. The lowest BCUT2D eigenvalue weighted by molar-refractivity contribution is 0.0438. The van der Waals surface area contributed by atoms with Crippen LogP contribution < -0.4 is 9.47 Å². The molecular formula is C21H21BrN2O5. The van der Waals surface area contributed by atoms with E-state index in [4.69, 9.17) is 18.6 Å². The van der Waals surface area contributed by atoms with Crippen LogP contribution in [0.15, 0.2) is 51.4 Å². The fourth-order valence-electron chi connectivity index (χ4n) is 2.40. The first-order chi connectivity index (χ1) is 14.0. The summed E-state index contributed by atoms with van der Waals surface area (Å²) in [4.78, 5) is 12.4. The van der Waals surface area contributed by atoms with Crippen molar-refractivity contribution in [2.75, 3.05) is 13.7 Å². The maximum absolute atomic E-state index is 12.4. The van der Waals surface area contributed by atoms with Gasteiger partial charge in [-0.15, -0.1) is 10.2 Å². The van der Waals surface area contributed by atoms with Gasteiger partial charge in [0.25, 0.3) is 5.89 Å². The van der Waals surface area contributed by atoms with E-state index in [2.05, 4.69) is 40.0 Å². The third kappa shape index (κ3) is 5.57. The van der Waals surface area contributed by atoms with Gasteiger partial charge in [0, 0.05) is 10.0 Å². The molecule has 0 fully saturated rings. The SMILES string of the molecule is COc1cc(C(=O)OCc2nnc(-c3ccc(Br)cc3)o2)ccc1OCC(C)C. The fourth-order valence-corrected chi connectivity index (χ4v) is 2.67. The van der Waals surface area contributed by atoms with Crippen molar-refractivity contribution >= 4 is 21.9 Å². The molecule has 0 amide bonds. The molecule has 0 aliphatic heterocycles. The zero-order chi connectivity index (χ0) is 20.8. The smallest absolute Gasteiger partial charge is 0.338 e. The number of methoxy groups -OCH3 is 1. The average molecular weight is 461 g/mol. The van der Waals surface area contributed by atoms with Crippen molar-refractivity contribution < 1.29 is 23.4 Å². The van der Waals surface area contributed by atoms with Crippen LogP contribution >= 0.6 is 15.9 Å². The van der Waals surface area contributed by atoms with Gasteiger partial charge in [0.2, 0.25) is 5.89 Å². The standard InChI is InChI=1S/C21H21BrN2O5/c1-13(2)11-27-17-9-6-15(10-18(17)26-3)21(25)28-12-19-23-24-20(29-19)14-4-7-16(22)8-5-14/h4-10,13H,11-12H2,1-3H3. The Morgan fingerprint density at radius 1 is 1.10 bits per heavy atom. The van der Waals surface area contributed by atoms with Gasteiger partial charge in [-0.2, -0.15) is 0 Å². The van der Waals surface area contributed by atoms with Crippen LogP contribution in [-0.2, 0) is 11.3 Å². The van der Waals surface area contributed by atoms with Crippen LogP contribution in [0.4, 0.5) is 0 Å². The van der Waals surface area contributed by atoms with Crippen molar-refractivity contribution in [2.45, 2.75) is 20.5 Å². The van der Waals surface area contributed by atoms with Crippen LogP contribution in [0, 0.1) is 5.92 Å². The molecular weight excluding hydrogens is 440 g/mol. The Bertz CT molecular complexity index is 969. The highest BCUT2D eigenvalue weighted by Crippen LogP contribution is 2.29. The lowest BCUT2D eigenvalue weighted by atomic mass is 10.2. The molecule has 0 saturated carbocycles. The molecule has 0 aliphatic carbocycles. The number of benzene rings is 2. The second kappa shape index (κ2) is 9.56. The first-order valence-electron chi connectivity index (χ1n) is 9.02. The number of hydrogen-bond acceptors (Lipinski definition) is 7. The number of rotatable bonds is 8. The van der Waals surface area contributed by atoms with Gasteiger partial charge in [-0.25, -0.2) is 4.79 Å². The van der Waals surface area contributed by atoms with Gasteiger partial charge in [0.15, 0.2) is 18.1 Å². The number of carbonyl (C=O) groups is 1. The Hall–Kier alpha value is -2.87. The van der Waals surface area contributed by atoms with Crippen molar-refractivity contribution in [3.8, 4) is 23.0 Å². The zero-order valence-corrected chi connectivity index (χ0v) is 17.9. The van der Waals surface area contributed by atoms with E-state index in [0.29, 0.717) is 35.5 Å². The normalized spacial score (nSPS) is 10.8. The van der Waals surface area contributed by atoms with E-state index in [1.807, 2.05) is 24.3 Å². The summed E-state index contributed by atoms with van der Waals surface area (Å²) in [5.74, 6) is 1.46. The summed E-state index contributed by atoms with van der Waals surface area (Å²) in [6, 6.07) is 12.4. The minimum atomic E-state index is -0.526. The molecule has 29 heavy (non-hydrogen) atoms. The molecule has 0 spiro atoms. The largest absolute Gasteiger partial charge is 0.493 e. The zero-order valence-electron chi connectivity index (χ0n) is 16.3. The van der Waals surface area contributed by atoms with Crippen molar-refractivity contribution in [1.82, 2.24) is 10.2 Å². The molecule has 0 atom stereocenters. The molecule has 8 heteroatoms. The Morgan fingerprint density at radius 2 is 1.86 bits per heavy atom. The number of nitrogens with zero attached hydrogens (tertiary/aromatic N) is 2. The van der Waals surface area contributed by atoms with Gasteiger partial charge >= 0.3 is 5.97 Å². The van der Waals surface area contributed by atoms with Crippen molar-refractivity contribution in [3.63, 3.8) is 0 Å². The number of aromatic nitrogens is 2. The topological polar surface area (TPSA) is 83.7 Å². The quantitative estimate of drug-likeness (QED) is 0.441. The molecule has 0 aliphatic rings. The van der Waals surface area contributed by atoms with Crippen LogP contribution in [0.25, 0.3) is 11.5 Å². The number of ether oxygens (including phenoxy) is 3. The van der Waals surface area contributed by atoms with E-state index in [0.717, 1.165) is 10.0 Å². The maximum Gasteiger partial charge on any atom is 0.338 e. The second-order valence-electron chi connectivity index (χ2n) is 6.65. The van der Waals surface area contributed by atoms with E-state index >= 15 is 0 Å². The van der Waals surface area contributed by atoms with Crippen LogP contribution in [0.5, 0.6) is 11.5 Å². The van der Waals surface area contributed by atoms with E-state index in [1.54, 1.807) is 18.2 Å². The third-order valence-electron chi connectivity index (χ3n) is 3.86. The molecule has 1 heterocycles. The van der Waals surface area contributed by atoms with Crippen molar-refractivity contribution in [1.29, 1.82) is 0 Å². The van der Waals surface area contributed by atoms with Crippen LogP contribution in [0.1, 0.15) is 30.1 Å². The molecule has 3 aromatic rings. The summed E-state index contributed by atoms with van der Waals surface area (Å²) in [6.45, 7) is 4.53. The summed E-state index contributed by atoms with van der Waals surface area (Å²) in [6.07, 6.45) is 0. The molecule has 0 bridgehead atoms. The van der Waals surface area contributed by atoms with Crippen molar-refractivity contribution in [2.24, 2.45) is 5.92 Å². The van der Waals surface area contributed by atoms with Crippen LogP contribution in [0.3, 0.4) is 0 Å². The highest BCUT2D eigenvalue weighted by atomic mass is 79.9. The summed E-state index contributed by atoms with van der Waals surface area (Å²) >= 11 is 3.37. The van der Waals surface area contributed by atoms with Gasteiger partial charge in [-0.3, -0.25) is 0 Å². The lowest BCUT2D eigenvalue weighted by Crippen LogP contribution is -2.08. The molecule has 1 aromatic heterocycles. The third-order valence-corrected chi connectivity index (χ3v) is 4.38. The molecule has 0 saturated heterocycles. The predicted molar refractivity (Wildman–Crippen MR) is 110 cm³/mol. The molecule has 3 rings (SSSR count). The Kier molecular flexibility index (Phi) is 6.87. The predicted octanol–water partition coefficient (Wildman–Crippen LogP) is 4.90. The lowest BCUT2D eigenvalue weighted by Gasteiger charge is -2.13. The van der Waals surface area contributed by atoms with Gasteiger partial charge < -0.3 is 18.6 Å². The first kappa shape index (κ1) is 20.9. The molecule has 2 aromatic carbocycles. The van der Waals surface area contributed by atoms with E-state index in [9.17, 15) is 4.79 Å². The fraction of sp³-hybridized carbons (Fsp3) is 0.286. The molecule has 0 unspecified atom stereocenters. The van der Waals surface area contributed by atoms with Gasteiger partial charge in [0.05, 0.1) is 19.3 Å². The summed E-state index contributed by atoms with van der Waals surface area (Å²) in [7, 11) is 1.52. The van der Waals surface area contributed by atoms with Crippen molar-refractivity contribution in [3.05, 3.63) is 58.4 Å². The van der Waals surface area contributed by atoms with Gasteiger partial charge in [-0.1, -0.05) is 29.8 Å². The summed E-state index contributed by atoms with van der Waals surface area (Å²) in [5, 5.41) is 7.90. The highest BCUT2D eigenvalue weighted by Gasteiger charge is 2.15. The molecule has 0 radical (unpaired) electrons. The highest BCUT2D eigenvalue weighted by molar-refractivity contribution is 9.10. The Labute approximate surface area is 177 Å². The molecule has 0 N–H and O–H groups in total. The number of esters is 1. The maximum atomic E-state index is 12.4. The van der Waals surface area contributed by atoms with Gasteiger partial charge in [0.1, 0.15) is 0 Å². The second-order valence-corrected chi connectivity index (χ2v) is 7.57. The number of hydrogen-bond donors (Lipinski definition) is 0.